The zero-order chi connectivity index (χ0) is 22.1. The van der Waals surface area contributed by atoms with E-state index in [1.54, 1.807) is 0 Å². The van der Waals surface area contributed by atoms with E-state index in [0.29, 0.717) is 0 Å². The van der Waals surface area contributed by atoms with E-state index >= 15 is 0 Å². The van der Waals surface area contributed by atoms with Gasteiger partial charge in [-0.15, -0.1) is 0 Å². The average Bonchev–Trinajstić information content (AvgIpc) is 2.78. The summed E-state index contributed by atoms with van der Waals surface area (Å²) in [6.45, 7) is 0.256. The minimum absolute atomic E-state index is 0.110. The van der Waals surface area contributed by atoms with Crippen LogP contribution in [0.3, 0.4) is 0 Å². The van der Waals surface area contributed by atoms with Gasteiger partial charge in [-0.05, 0) is 5.56 Å². The summed E-state index contributed by atoms with van der Waals surface area (Å²) in [5.74, 6) is 0. The summed E-state index contributed by atoms with van der Waals surface area (Å²) in [7, 11) is 1.43. The van der Waals surface area contributed by atoms with E-state index in [1.807, 2.05) is 60.7 Å². The number of hydrogen-bond acceptors (Lipinski definition) is 6. The van der Waals surface area contributed by atoms with Crippen LogP contribution in [0.5, 0.6) is 0 Å². The van der Waals surface area contributed by atoms with Crippen molar-refractivity contribution in [1.82, 2.24) is 0 Å². The Hall–Kier alpha value is -0.930. The van der Waals surface area contributed by atoms with E-state index in [9.17, 15) is 5.11 Å². The fourth-order valence-electron chi connectivity index (χ4n) is 3.89. The first-order valence-electron chi connectivity index (χ1n) is 9.79. The van der Waals surface area contributed by atoms with Crippen LogP contribution in [0.1, 0.15) is 17.4 Å². The molecule has 0 bridgehead atoms. The van der Waals surface area contributed by atoms with E-state index in [0.717, 1.165) is 11.1 Å². The van der Waals surface area contributed by atoms with Crippen molar-refractivity contribution in [3.05, 3.63) is 71.8 Å². The van der Waals surface area contributed by atoms with Gasteiger partial charge in [-0.2, -0.15) is 0 Å². The van der Waals surface area contributed by atoms with Gasteiger partial charge in [0.2, 0.25) is 3.79 Å². The lowest BCUT2D eigenvalue weighted by molar-refractivity contribution is -0.389. The van der Waals surface area contributed by atoms with Crippen LogP contribution in [0.25, 0.3) is 0 Å². The van der Waals surface area contributed by atoms with Crippen molar-refractivity contribution >= 4 is 34.8 Å². The van der Waals surface area contributed by atoms with Crippen molar-refractivity contribution < 1.29 is 28.8 Å². The smallest absolute Gasteiger partial charge is 0.224 e. The maximum Gasteiger partial charge on any atom is 0.224 e. The molecule has 6 nitrogen and oxygen atoms in total. The van der Waals surface area contributed by atoms with Gasteiger partial charge in [0.05, 0.1) is 13.2 Å². The highest BCUT2D eigenvalue weighted by molar-refractivity contribution is 6.68. The number of aliphatic hydroxyl groups is 1. The van der Waals surface area contributed by atoms with E-state index in [-0.39, 0.29) is 13.2 Å². The van der Waals surface area contributed by atoms with Gasteiger partial charge in [0.25, 0.3) is 0 Å². The fraction of sp³-hybridized carbons (Fsp3) is 0.455. The van der Waals surface area contributed by atoms with Gasteiger partial charge in [-0.25, -0.2) is 0 Å². The zero-order valence-electron chi connectivity index (χ0n) is 16.7. The van der Waals surface area contributed by atoms with Crippen LogP contribution in [0.15, 0.2) is 60.7 Å². The molecule has 2 aliphatic heterocycles. The Labute approximate surface area is 195 Å². The molecule has 0 amide bonds. The van der Waals surface area contributed by atoms with Gasteiger partial charge in [0.1, 0.15) is 18.3 Å². The molecule has 2 aromatic carbocycles. The first-order valence-corrected chi connectivity index (χ1v) is 10.9. The maximum absolute atomic E-state index is 11.8. The first-order chi connectivity index (χ1) is 14.8. The fourth-order valence-corrected chi connectivity index (χ4v) is 4.54. The van der Waals surface area contributed by atoms with Gasteiger partial charge >= 0.3 is 0 Å². The second-order valence-corrected chi connectivity index (χ2v) is 9.73. The van der Waals surface area contributed by atoms with E-state index in [4.69, 9.17) is 58.5 Å². The molecule has 0 aliphatic carbocycles. The van der Waals surface area contributed by atoms with Crippen LogP contribution < -0.4 is 0 Å². The van der Waals surface area contributed by atoms with Crippen LogP contribution in [-0.2, 0) is 30.3 Å². The summed E-state index contributed by atoms with van der Waals surface area (Å²) in [6.07, 6.45) is -4.71. The monoisotopic (exact) mass is 488 g/mol. The minimum atomic E-state index is -2.17. The molecule has 31 heavy (non-hydrogen) atoms. The van der Waals surface area contributed by atoms with Crippen LogP contribution >= 0.6 is 34.8 Å². The predicted molar refractivity (Wildman–Crippen MR) is 116 cm³/mol. The maximum atomic E-state index is 11.8. The summed E-state index contributed by atoms with van der Waals surface area (Å²) >= 11 is 19.0. The van der Waals surface area contributed by atoms with Crippen molar-refractivity contribution in [3.8, 4) is 0 Å². The number of alkyl halides is 3. The minimum Gasteiger partial charge on any atom is -0.380 e. The normalized spacial score (nSPS) is 33.6. The molecule has 2 heterocycles. The summed E-state index contributed by atoms with van der Waals surface area (Å²) in [6, 6.07) is 18.7. The number of hydrogen-bond donors (Lipinski definition) is 1. The summed E-state index contributed by atoms with van der Waals surface area (Å²) < 4.78 is 27.2. The van der Waals surface area contributed by atoms with Crippen molar-refractivity contribution in [1.29, 1.82) is 0 Å². The number of rotatable bonds is 5. The second-order valence-electron chi connectivity index (χ2n) is 7.45. The lowest BCUT2D eigenvalue weighted by atomic mass is 9.84. The van der Waals surface area contributed by atoms with Gasteiger partial charge in [0, 0.05) is 12.7 Å². The molecule has 2 saturated heterocycles. The van der Waals surface area contributed by atoms with Gasteiger partial charge < -0.3 is 28.8 Å². The summed E-state index contributed by atoms with van der Waals surface area (Å²) in [5.41, 5.74) is -0.447. The molecule has 0 spiro atoms. The standard InChI is InChI=1S/C22H23Cl3O6/c1-27-20-18(28-12-14-8-4-2-5-9-14)21(26,22(23,24)25)17-16(30-20)13-29-19(31-17)15-10-6-3-7-11-15/h2-11,16-20,26H,12-13H2,1H3/t16-,17-,18+,19?,20+,21-/m1/s1. The Balaban J connectivity index is 1.65. The quantitative estimate of drug-likeness (QED) is 0.636. The summed E-state index contributed by atoms with van der Waals surface area (Å²) in [4.78, 5) is 0. The lowest BCUT2D eigenvalue weighted by Gasteiger charge is -2.55. The Morgan fingerprint density at radius 2 is 1.68 bits per heavy atom. The highest BCUT2D eigenvalue weighted by Crippen LogP contribution is 2.51. The second kappa shape index (κ2) is 9.51. The van der Waals surface area contributed by atoms with Crippen LogP contribution in [0.2, 0.25) is 0 Å². The average molecular weight is 490 g/mol. The van der Waals surface area contributed by atoms with Crippen LogP contribution in [0.4, 0.5) is 0 Å². The third-order valence-electron chi connectivity index (χ3n) is 5.47. The van der Waals surface area contributed by atoms with Crippen molar-refractivity contribution in [2.75, 3.05) is 13.7 Å². The molecule has 168 valence electrons. The Morgan fingerprint density at radius 3 is 2.29 bits per heavy atom. The molecule has 4 rings (SSSR count). The highest BCUT2D eigenvalue weighted by atomic mass is 35.6. The SMILES string of the molecule is CO[C@H]1O[C@@H]2COC(c3ccccc3)O[C@H]2[C@](O)(C(Cl)(Cl)Cl)[C@H]1OCc1ccccc1. The molecule has 0 aromatic heterocycles. The van der Waals surface area contributed by atoms with Gasteiger partial charge in [-0.1, -0.05) is 95.5 Å². The van der Waals surface area contributed by atoms with E-state index in [1.165, 1.54) is 7.11 Å². The molecule has 0 radical (unpaired) electrons. The van der Waals surface area contributed by atoms with Gasteiger partial charge in [-0.3, -0.25) is 0 Å². The molecular formula is C22H23Cl3O6. The van der Waals surface area contributed by atoms with Gasteiger partial charge in [0.15, 0.2) is 18.2 Å². The molecule has 2 fully saturated rings. The Kier molecular flexibility index (Phi) is 7.13. The molecule has 1 N–H and O–H groups in total. The molecule has 2 aromatic rings. The Morgan fingerprint density at radius 1 is 1.03 bits per heavy atom. The largest absolute Gasteiger partial charge is 0.380 e. The van der Waals surface area contributed by atoms with E-state index < -0.39 is 40.3 Å². The number of halogens is 3. The van der Waals surface area contributed by atoms with Crippen LogP contribution in [-0.4, -0.2) is 52.8 Å². The molecule has 6 atom stereocenters. The van der Waals surface area contributed by atoms with Crippen molar-refractivity contribution in [2.24, 2.45) is 0 Å². The highest BCUT2D eigenvalue weighted by Gasteiger charge is 2.68. The van der Waals surface area contributed by atoms with Crippen molar-refractivity contribution in [3.63, 3.8) is 0 Å². The predicted octanol–water partition coefficient (Wildman–Crippen LogP) is 4.16. The molecule has 1 unspecified atom stereocenters. The van der Waals surface area contributed by atoms with Crippen molar-refractivity contribution in [2.45, 2.75) is 46.9 Å². The third-order valence-corrected chi connectivity index (χ3v) is 6.38. The molecule has 2 aliphatic rings. The Bertz CT molecular complexity index is 841. The van der Waals surface area contributed by atoms with E-state index in [2.05, 4.69) is 0 Å². The molecule has 0 saturated carbocycles. The number of fused-ring (bicyclic) bond motifs is 1. The molecular weight excluding hydrogens is 467 g/mol. The topological polar surface area (TPSA) is 66.4 Å². The zero-order valence-corrected chi connectivity index (χ0v) is 19.0. The number of methoxy groups -OCH3 is 1. The number of benzene rings is 2. The lowest BCUT2D eigenvalue weighted by Crippen LogP contribution is -2.74. The number of ether oxygens (including phenoxy) is 5. The van der Waals surface area contributed by atoms with Crippen LogP contribution in [0, 0.1) is 0 Å². The third kappa shape index (κ3) is 4.60. The first kappa shape index (κ1) is 23.2. The summed E-state index contributed by atoms with van der Waals surface area (Å²) in [5, 5.41) is 11.8. The molecule has 9 heteroatoms.